The molecular weight excluding hydrogens is 168 g/mol. The van der Waals surface area contributed by atoms with Crippen molar-refractivity contribution in [3.05, 3.63) is 48.1 Å². The molecule has 0 saturated heterocycles. The van der Waals surface area contributed by atoms with Gasteiger partial charge in [-0.2, -0.15) is 0 Å². The molecule has 0 heteroatoms. The van der Waals surface area contributed by atoms with Gasteiger partial charge in [0.15, 0.2) is 0 Å². The Kier molecular flexibility index (Phi) is 5.94. The summed E-state index contributed by atoms with van der Waals surface area (Å²) < 4.78 is 0. The monoisotopic (exact) mass is 190 g/mol. The maximum atomic E-state index is 4.00. The van der Waals surface area contributed by atoms with Crippen LogP contribution in [-0.4, -0.2) is 0 Å². The summed E-state index contributed by atoms with van der Waals surface area (Å²) in [4.78, 5) is 0. The highest BCUT2D eigenvalue weighted by molar-refractivity contribution is 5.34. The summed E-state index contributed by atoms with van der Waals surface area (Å²) in [6.07, 6.45) is 5.16. The molecule has 0 heterocycles. The van der Waals surface area contributed by atoms with Gasteiger partial charge in [-0.25, -0.2) is 0 Å². The summed E-state index contributed by atoms with van der Waals surface area (Å²) in [5.41, 5.74) is 4.90. The molecule has 78 valence electrons. The third-order valence-electron chi connectivity index (χ3n) is 2.43. The first-order valence-corrected chi connectivity index (χ1v) is 5.17. The fourth-order valence-electron chi connectivity index (χ4n) is 1.31. The van der Waals surface area contributed by atoms with E-state index in [1.165, 1.54) is 17.6 Å². The van der Waals surface area contributed by atoms with Gasteiger partial charge in [-0.05, 0) is 37.8 Å². The molecule has 0 N–H and O–H groups in total. The second-order valence-electron chi connectivity index (χ2n) is 3.82. The van der Waals surface area contributed by atoms with Crippen LogP contribution in [-0.2, 0) is 0 Å². The average Bonchev–Trinajstić information content (AvgIpc) is 2.13. The number of rotatable bonds is 6. The molecule has 0 aromatic carbocycles. The van der Waals surface area contributed by atoms with Crippen LogP contribution in [0.15, 0.2) is 48.1 Å². The summed E-state index contributed by atoms with van der Waals surface area (Å²) >= 11 is 0. The Morgan fingerprint density at radius 1 is 1.21 bits per heavy atom. The van der Waals surface area contributed by atoms with Gasteiger partial charge in [0.1, 0.15) is 0 Å². The molecular formula is C14H22. The number of allylic oxidation sites excluding steroid dienone is 5. The van der Waals surface area contributed by atoms with Crippen LogP contribution < -0.4 is 0 Å². The first kappa shape index (κ1) is 13.0. The van der Waals surface area contributed by atoms with Crippen LogP contribution in [0.5, 0.6) is 0 Å². The predicted molar refractivity (Wildman–Crippen MR) is 66.4 cm³/mol. The number of hydrogen-bond acceptors (Lipinski definition) is 0. The molecule has 14 heavy (non-hydrogen) atoms. The van der Waals surface area contributed by atoms with Crippen LogP contribution in [0.1, 0.15) is 40.0 Å². The molecule has 0 atom stereocenters. The van der Waals surface area contributed by atoms with Crippen molar-refractivity contribution in [3.8, 4) is 0 Å². The first-order chi connectivity index (χ1) is 6.52. The van der Waals surface area contributed by atoms with Crippen LogP contribution >= 0.6 is 0 Å². The molecule has 0 aliphatic rings. The van der Waals surface area contributed by atoms with Crippen molar-refractivity contribution in [1.82, 2.24) is 0 Å². The summed E-state index contributed by atoms with van der Waals surface area (Å²) in [7, 11) is 0. The molecule has 0 aromatic heterocycles. The summed E-state index contributed by atoms with van der Waals surface area (Å²) in [6.45, 7) is 18.1. The molecule has 0 radical (unpaired) electrons. The maximum Gasteiger partial charge on any atom is -0.00300 e. The van der Waals surface area contributed by atoms with E-state index in [9.17, 15) is 0 Å². The molecule has 0 spiro atoms. The Labute approximate surface area is 88.7 Å². The van der Waals surface area contributed by atoms with Crippen LogP contribution in [0.3, 0.4) is 0 Å². The normalized spacial score (nSPS) is 11.9. The van der Waals surface area contributed by atoms with Crippen LogP contribution in [0.25, 0.3) is 0 Å². The fraction of sp³-hybridized carbons (Fsp3) is 0.429. The maximum absolute atomic E-state index is 4.00. The van der Waals surface area contributed by atoms with Crippen molar-refractivity contribution in [2.24, 2.45) is 0 Å². The van der Waals surface area contributed by atoms with Gasteiger partial charge in [0.25, 0.3) is 0 Å². The third kappa shape index (κ3) is 4.27. The van der Waals surface area contributed by atoms with Crippen molar-refractivity contribution in [2.75, 3.05) is 0 Å². The van der Waals surface area contributed by atoms with Crippen molar-refractivity contribution < 1.29 is 0 Å². The second kappa shape index (κ2) is 6.42. The Balaban J connectivity index is 4.58. The molecule has 0 amide bonds. The van der Waals surface area contributed by atoms with Gasteiger partial charge in [0.05, 0.1) is 0 Å². The van der Waals surface area contributed by atoms with Crippen LogP contribution in [0.4, 0.5) is 0 Å². The number of hydrogen-bond donors (Lipinski definition) is 0. The summed E-state index contributed by atoms with van der Waals surface area (Å²) in [5.74, 6) is 0. The molecule has 0 rings (SSSR count). The second-order valence-corrected chi connectivity index (χ2v) is 3.82. The Morgan fingerprint density at radius 3 is 2.14 bits per heavy atom. The van der Waals surface area contributed by atoms with Crippen LogP contribution in [0, 0.1) is 0 Å². The quantitative estimate of drug-likeness (QED) is 0.527. The van der Waals surface area contributed by atoms with Crippen molar-refractivity contribution in [2.45, 2.75) is 40.0 Å². The highest BCUT2D eigenvalue weighted by Crippen LogP contribution is 2.21. The van der Waals surface area contributed by atoms with Crippen molar-refractivity contribution in [1.29, 1.82) is 0 Å². The predicted octanol–water partition coefficient (Wildman–Crippen LogP) is 4.81. The summed E-state index contributed by atoms with van der Waals surface area (Å²) in [6, 6.07) is 0. The van der Waals surface area contributed by atoms with Gasteiger partial charge < -0.3 is 0 Å². The van der Waals surface area contributed by atoms with Crippen molar-refractivity contribution in [3.63, 3.8) is 0 Å². The molecule has 0 aromatic rings. The minimum absolute atomic E-state index is 0.894. The van der Waals surface area contributed by atoms with Gasteiger partial charge in [-0.15, -0.1) is 0 Å². The lowest BCUT2D eigenvalue weighted by Crippen LogP contribution is -1.90. The zero-order valence-electron chi connectivity index (χ0n) is 9.82. The Bertz CT molecular complexity index is 264. The van der Waals surface area contributed by atoms with Crippen molar-refractivity contribution >= 4 is 0 Å². The minimum Gasteiger partial charge on any atom is -0.0988 e. The lowest BCUT2D eigenvalue weighted by Gasteiger charge is -2.09. The Hall–Kier alpha value is -1.04. The average molecular weight is 190 g/mol. The van der Waals surface area contributed by atoms with Gasteiger partial charge in [-0.3, -0.25) is 0 Å². The van der Waals surface area contributed by atoms with Crippen LogP contribution in [0.2, 0.25) is 0 Å². The largest absolute Gasteiger partial charge is 0.0988 e. The zero-order valence-corrected chi connectivity index (χ0v) is 9.82. The smallest absolute Gasteiger partial charge is 0.00300 e. The fourth-order valence-corrected chi connectivity index (χ4v) is 1.31. The molecule has 0 nitrogen and oxygen atoms in total. The third-order valence-corrected chi connectivity index (χ3v) is 2.43. The van der Waals surface area contributed by atoms with E-state index in [4.69, 9.17) is 0 Å². The highest BCUT2D eigenvalue weighted by Gasteiger charge is 2.01. The van der Waals surface area contributed by atoms with E-state index in [0.717, 1.165) is 24.0 Å². The van der Waals surface area contributed by atoms with Gasteiger partial charge in [-0.1, -0.05) is 50.3 Å². The molecule has 0 aliphatic heterocycles. The minimum atomic E-state index is 0.894. The Morgan fingerprint density at radius 2 is 1.79 bits per heavy atom. The zero-order chi connectivity index (χ0) is 11.1. The van der Waals surface area contributed by atoms with E-state index in [1.54, 1.807) is 0 Å². The summed E-state index contributed by atoms with van der Waals surface area (Å²) in [5, 5.41) is 0. The molecule has 0 fully saturated rings. The topological polar surface area (TPSA) is 0 Å². The van der Waals surface area contributed by atoms with E-state index >= 15 is 0 Å². The first-order valence-electron chi connectivity index (χ1n) is 5.17. The standard InChI is InChI=1S/C14H22/c1-7-9-12(5)14(8-2)10-13(6)11(3)4/h8H,2-3,6-7,9-10H2,1,4-5H3/b14-12+. The molecule has 0 saturated carbocycles. The molecule has 0 aliphatic carbocycles. The van der Waals surface area contributed by atoms with E-state index < -0.39 is 0 Å². The lowest BCUT2D eigenvalue weighted by atomic mass is 9.96. The molecule has 0 unspecified atom stereocenters. The van der Waals surface area contributed by atoms with Gasteiger partial charge in [0, 0.05) is 0 Å². The van der Waals surface area contributed by atoms with E-state index in [2.05, 4.69) is 33.6 Å². The van der Waals surface area contributed by atoms with Gasteiger partial charge >= 0.3 is 0 Å². The van der Waals surface area contributed by atoms with E-state index in [-0.39, 0.29) is 0 Å². The highest BCUT2D eigenvalue weighted by atomic mass is 14.1. The van der Waals surface area contributed by atoms with Gasteiger partial charge in [0.2, 0.25) is 0 Å². The van der Waals surface area contributed by atoms with E-state index in [1.807, 2.05) is 13.0 Å². The SMILES string of the molecule is C=C/C(CC(=C)C(=C)C)=C(/C)CCC. The van der Waals surface area contributed by atoms with E-state index in [0.29, 0.717) is 0 Å². The molecule has 0 bridgehead atoms. The lowest BCUT2D eigenvalue weighted by molar-refractivity contribution is 0.887.